The van der Waals surface area contributed by atoms with Crippen LogP contribution in [0, 0.1) is 6.92 Å². The first-order chi connectivity index (χ1) is 8.86. The summed E-state index contributed by atoms with van der Waals surface area (Å²) in [5.74, 6) is 0. The zero-order valence-corrected chi connectivity index (χ0v) is 10.1. The third-order valence-corrected chi connectivity index (χ3v) is 3.56. The van der Waals surface area contributed by atoms with Crippen molar-refractivity contribution in [1.82, 2.24) is 9.61 Å². The van der Waals surface area contributed by atoms with Crippen molar-refractivity contribution in [1.29, 1.82) is 0 Å². The van der Waals surface area contributed by atoms with E-state index in [1.807, 2.05) is 10.7 Å². The molecule has 18 heavy (non-hydrogen) atoms. The van der Waals surface area contributed by atoms with Crippen LogP contribution in [0.4, 0.5) is 0 Å². The van der Waals surface area contributed by atoms with E-state index >= 15 is 0 Å². The lowest BCUT2D eigenvalue weighted by atomic mass is 10.0. The first-order valence-corrected chi connectivity index (χ1v) is 6.10. The normalized spacial score (nSPS) is 11.6. The smallest absolute Gasteiger partial charge is 0.0776 e. The van der Waals surface area contributed by atoms with E-state index in [4.69, 9.17) is 0 Å². The van der Waals surface area contributed by atoms with E-state index in [0.717, 1.165) is 0 Å². The van der Waals surface area contributed by atoms with Gasteiger partial charge in [-0.25, -0.2) is 4.52 Å². The third-order valence-electron chi connectivity index (χ3n) is 3.56. The van der Waals surface area contributed by atoms with E-state index in [9.17, 15) is 0 Å². The summed E-state index contributed by atoms with van der Waals surface area (Å²) in [4.78, 5) is 0. The zero-order chi connectivity index (χ0) is 12.1. The number of nitrogens with zero attached hydrogens (tertiary/aromatic N) is 2. The van der Waals surface area contributed by atoms with E-state index in [-0.39, 0.29) is 0 Å². The first kappa shape index (κ1) is 9.66. The second-order valence-corrected chi connectivity index (χ2v) is 4.65. The molecule has 2 aromatic heterocycles. The van der Waals surface area contributed by atoms with E-state index in [2.05, 4.69) is 60.6 Å². The van der Waals surface area contributed by atoms with Crippen LogP contribution in [-0.4, -0.2) is 9.61 Å². The van der Waals surface area contributed by atoms with Crippen molar-refractivity contribution >= 4 is 27.2 Å². The predicted octanol–water partition coefficient (Wildman–Crippen LogP) is 3.95. The van der Waals surface area contributed by atoms with Crippen LogP contribution < -0.4 is 0 Å². The molecule has 0 N–H and O–H groups in total. The molecule has 0 atom stereocenters. The Labute approximate surface area is 104 Å². The molecular weight excluding hydrogens is 220 g/mol. The molecule has 0 saturated carbocycles. The molecule has 0 bridgehead atoms. The highest BCUT2D eigenvalue weighted by Gasteiger charge is 2.10. The lowest BCUT2D eigenvalue weighted by Gasteiger charge is -2.08. The molecule has 0 aliphatic rings. The molecule has 0 spiro atoms. The van der Waals surface area contributed by atoms with E-state index in [1.165, 1.54) is 32.8 Å². The maximum Gasteiger partial charge on any atom is 0.0776 e. The van der Waals surface area contributed by atoms with Crippen LogP contribution in [0.25, 0.3) is 27.2 Å². The van der Waals surface area contributed by atoms with Crippen LogP contribution in [0.1, 0.15) is 5.56 Å². The largest absolute Gasteiger partial charge is 0.232 e. The van der Waals surface area contributed by atoms with Gasteiger partial charge in [0.15, 0.2) is 0 Å². The minimum absolute atomic E-state index is 1.17. The van der Waals surface area contributed by atoms with Crippen LogP contribution in [-0.2, 0) is 0 Å². The molecule has 0 radical (unpaired) electrons. The van der Waals surface area contributed by atoms with Crippen molar-refractivity contribution in [2.45, 2.75) is 6.92 Å². The number of benzene rings is 2. The molecule has 0 saturated heterocycles. The number of aryl methyl sites for hydroxylation is 1. The highest BCUT2D eigenvalue weighted by atomic mass is 15.2. The monoisotopic (exact) mass is 232 g/mol. The molecule has 2 heteroatoms. The summed E-state index contributed by atoms with van der Waals surface area (Å²) in [5, 5.41) is 8.33. The number of para-hydroxylation sites is 1. The van der Waals surface area contributed by atoms with E-state index in [0.29, 0.717) is 0 Å². The van der Waals surface area contributed by atoms with Gasteiger partial charge in [-0.3, -0.25) is 0 Å². The summed E-state index contributed by atoms with van der Waals surface area (Å²) >= 11 is 0. The van der Waals surface area contributed by atoms with Gasteiger partial charge in [0.1, 0.15) is 0 Å². The van der Waals surface area contributed by atoms with Crippen LogP contribution in [0.2, 0.25) is 0 Å². The average molecular weight is 232 g/mol. The molecule has 2 aromatic carbocycles. The molecule has 2 nitrogen and oxygen atoms in total. The Morgan fingerprint density at radius 2 is 1.50 bits per heavy atom. The van der Waals surface area contributed by atoms with Crippen molar-refractivity contribution in [3.63, 3.8) is 0 Å². The van der Waals surface area contributed by atoms with Gasteiger partial charge < -0.3 is 0 Å². The van der Waals surface area contributed by atoms with Gasteiger partial charge in [0, 0.05) is 10.8 Å². The first-order valence-electron chi connectivity index (χ1n) is 6.10. The summed E-state index contributed by atoms with van der Waals surface area (Å²) < 4.78 is 2.05. The molecule has 4 rings (SSSR count). The minimum atomic E-state index is 1.17. The van der Waals surface area contributed by atoms with Crippen molar-refractivity contribution in [3.05, 3.63) is 60.3 Å². The lowest BCUT2D eigenvalue weighted by Crippen LogP contribution is -1.92. The Bertz CT molecular complexity index is 887. The van der Waals surface area contributed by atoms with Crippen LogP contribution in [0.3, 0.4) is 0 Å². The minimum Gasteiger partial charge on any atom is -0.232 e. The molecule has 0 amide bonds. The number of rotatable bonds is 0. The number of hydrogen-bond acceptors (Lipinski definition) is 1. The van der Waals surface area contributed by atoms with Gasteiger partial charge in [0.05, 0.1) is 17.2 Å². The van der Waals surface area contributed by atoms with Crippen LogP contribution in [0.5, 0.6) is 0 Å². The second-order valence-electron chi connectivity index (χ2n) is 4.65. The van der Waals surface area contributed by atoms with E-state index in [1.54, 1.807) is 0 Å². The fraction of sp³-hybridized carbons (Fsp3) is 0.0625. The summed E-state index contributed by atoms with van der Waals surface area (Å²) in [7, 11) is 0. The van der Waals surface area contributed by atoms with Gasteiger partial charge in [-0.2, -0.15) is 5.10 Å². The second kappa shape index (κ2) is 3.33. The molecule has 0 fully saturated rings. The summed E-state index contributed by atoms with van der Waals surface area (Å²) in [6, 6.07) is 17.0. The summed E-state index contributed by atoms with van der Waals surface area (Å²) in [6.07, 6.45) is 1.94. The number of hydrogen-bond donors (Lipinski definition) is 0. The molecule has 0 aliphatic heterocycles. The van der Waals surface area contributed by atoms with Gasteiger partial charge in [-0.05, 0) is 23.9 Å². The maximum atomic E-state index is 4.51. The highest BCUT2D eigenvalue weighted by Crippen LogP contribution is 2.30. The fourth-order valence-electron chi connectivity index (χ4n) is 2.75. The Balaban J connectivity index is 2.48. The van der Waals surface area contributed by atoms with Crippen LogP contribution >= 0.6 is 0 Å². The Morgan fingerprint density at radius 1 is 0.833 bits per heavy atom. The molecule has 0 unspecified atom stereocenters. The quantitative estimate of drug-likeness (QED) is 0.420. The van der Waals surface area contributed by atoms with Gasteiger partial charge in [-0.1, -0.05) is 42.5 Å². The molecular formula is C16H12N2. The molecule has 2 heterocycles. The maximum absolute atomic E-state index is 4.51. The van der Waals surface area contributed by atoms with Gasteiger partial charge >= 0.3 is 0 Å². The molecule has 0 aliphatic carbocycles. The number of aromatic nitrogens is 2. The third kappa shape index (κ3) is 1.10. The fourth-order valence-corrected chi connectivity index (χ4v) is 2.75. The van der Waals surface area contributed by atoms with Gasteiger partial charge in [0.25, 0.3) is 0 Å². The van der Waals surface area contributed by atoms with Crippen LogP contribution in [0.15, 0.2) is 54.7 Å². The Kier molecular flexibility index (Phi) is 1.78. The van der Waals surface area contributed by atoms with Crippen molar-refractivity contribution in [3.8, 4) is 0 Å². The Morgan fingerprint density at radius 3 is 2.33 bits per heavy atom. The van der Waals surface area contributed by atoms with Crippen molar-refractivity contribution < 1.29 is 0 Å². The van der Waals surface area contributed by atoms with E-state index < -0.39 is 0 Å². The standard InChI is InChI=1S/C16H12N2/c1-11-10-17-18-15-9-5-4-7-13(15)12-6-2-3-8-14(12)16(11)18/h2-10H,1H3. The highest BCUT2D eigenvalue weighted by molar-refractivity contribution is 6.12. The number of pyridine rings is 1. The summed E-state index contributed by atoms with van der Waals surface area (Å²) in [5.41, 5.74) is 3.60. The zero-order valence-electron chi connectivity index (χ0n) is 10.1. The molecule has 86 valence electrons. The van der Waals surface area contributed by atoms with Gasteiger partial charge in [0.2, 0.25) is 0 Å². The average Bonchev–Trinajstić information content (AvgIpc) is 2.82. The van der Waals surface area contributed by atoms with Crippen molar-refractivity contribution in [2.24, 2.45) is 0 Å². The Hall–Kier alpha value is -2.35. The number of fused-ring (bicyclic) bond motifs is 6. The predicted molar refractivity (Wildman–Crippen MR) is 74.9 cm³/mol. The topological polar surface area (TPSA) is 17.3 Å². The van der Waals surface area contributed by atoms with Gasteiger partial charge in [-0.15, -0.1) is 0 Å². The lowest BCUT2D eigenvalue weighted by molar-refractivity contribution is 1.01. The SMILES string of the molecule is Cc1cnn2c3ccccc3c3ccccc3c12. The molecule has 4 aromatic rings. The summed E-state index contributed by atoms with van der Waals surface area (Å²) in [6.45, 7) is 2.11. The van der Waals surface area contributed by atoms with Crippen molar-refractivity contribution in [2.75, 3.05) is 0 Å².